The molecule has 1 amide bonds. The van der Waals surface area contributed by atoms with Gasteiger partial charge in [0.2, 0.25) is 0 Å². The monoisotopic (exact) mass is 348 g/mol. The van der Waals surface area contributed by atoms with Crippen molar-refractivity contribution in [1.82, 2.24) is 14.5 Å². The average Bonchev–Trinajstić information content (AvgIpc) is 3.08. The van der Waals surface area contributed by atoms with Crippen LogP contribution in [0.1, 0.15) is 16.1 Å². The second kappa shape index (κ2) is 6.27. The molecule has 0 saturated carbocycles. The van der Waals surface area contributed by atoms with Crippen molar-refractivity contribution in [3.63, 3.8) is 0 Å². The maximum Gasteiger partial charge on any atom is 0.416 e. The highest BCUT2D eigenvalue weighted by molar-refractivity contribution is 6.05. The molecule has 0 aliphatic carbocycles. The Hall–Kier alpha value is -3.36. The Morgan fingerprint density at radius 1 is 1.20 bits per heavy atom. The van der Waals surface area contributed by atoms with Crippen LogP contribution in [0.25, 0.3) is 5.69 Å². The van der Waals surface area contributed by atoms with Crippen molar-refractivity contribution in [3.8, 4) is 11.4 Å². The molecule has 25 heavy (non-hydrogen) atoms. The van der Waals surface area contributed by atoms with E-state index >= 15 is 0 Å². The van der Waals surface area contributed by atoms with Crippen LogP contribution >= 0.6 is 0 Å². The minimum absolute atomic E-state index is 0.0611. The quantitative estimate of drug-likeness (QED) is 0.761. The molecule has 0 atom stereocenters. The summed E-state index contributed by atoms with van der Waals surface area (Å²) < 4.78 is 39.7. The number of aromatic nitrogens is 3. The Morgan fingerprint density at radius 2 is 2.00 bits per heavy atom. The number of halogens is 3. The topological polar surface area (TPSA) is 80.0 Å². The van der Waals surface area contributed by atoms with E-state index in [9.17, 15) is 23.1 Å². The van der Waals surface area contributed by atoms with E-state index in [2.05, 4.69) is 15.3 Å². The lowest BCUT2D eigenvalue weighted by Gasteiger charge is -2.11. The van der Waals surface area contributed by atoms with E-state index in [1.807, 2.05) is 0 Å². The van der Waals surface area contributed by atoms with Crippen LogP contribution in [0.2, 0.25) is 0 Å². The van der Waals surface area contributed by atoms with Crippen LogP contribution in [0.15, 0.2) is 55.2 Å². The number of carbonyl (C=O) groups is 1. The summed E-state index contributed by atoms with van der Waals surface area (Å²) in [5.74, 6) is -1.25. The van der Waals surface area contributed by atoms with Gasteiger partial charge in [0.25, 0.3) is 5.91 Å². The van der Waals surface area contributed by atoms with E-state index in [1.165, 1.54) is 41.5 Å². The Morgan fingerprint density at radius 3 is 2.68 bits per heavy atom. The number of anilines is 1. The SMILES string of the molecule is O=C(Nc1cccc(C(F)(F)F)c1)c1nccc(-n2ccnc2)c1O. The number of rotatable bonds is 3. The zero-order chi connectivity index (χ0) is 18.0. The Bertz CT molecular complexity index is 908. The summed E-state index contributed by atoms with van der Waals surface area (Å²) in [4.78, 5) is 19.9. The number of hydrogen-bond donors (Lipinski definition) is 2. The largest absolute Gasteiger partial charge is 0.504 e. The van der Waals surface area contributed by atoms with Gasteiger partial charge in [-0.3, -0.25) is 4.79 Å². The van der Waals surface area contributed by atoms with Crippen LogP contribution in [0.5, 0.6) is 5.75 Å². The number of benzene rings is 1. The maximum absolute atomic E-state index is 12.7. The molecule has 0 spiro atoms. The van der Waals surface area contributed by atoms with Crippen molar-refractivity contribution >= 4 is 11.6 Å². The molecule has 0 bridgehead atoms. The van der Waals surface area contributed by atoms with Gasteiger partial charge in [-0.15, -0.1) is 0 Å². The van der Waals surface area contributed by atoms with Crippen LogP contribution in [0, 0.1) is 0 Å². The van der Waals surface area contributed by atoms with Gasteiger partial charge in [0.15, 0.2) is 11.4 Å². The van der Waals surface area contributed by atoms with E-state index < -0.39 is 23.4 Å². The van der Waals surface area contributed by atoms with Crippen molar-refractivity contribution in [1.29, 1.82) is 0 Å². The second-order valence-corrected chi connectivity index (χ2v) is 5.03. The number of nitrogens with zero attached hydrogens (tertiary/aromatic N) is 3. The summed E-state index contributed by atoms with van der Waals surface area (Å²) in [7, 11) is 0. The van der Waals surface area contributed by atoms with Crippen LogP contribution in [0.3, 0.4) is 0 Å². The molecule has 1 aromatic carbocycles. The Labute approximate surface area is 139 Å². The predicted molar refractivity (Wildman–Crippen MR) is 82.4 cm³/mol. The minimum atomic E-state index is -4.53. The second-order valence-electron chi connectivity index (χ2n) is 5.03. The molecule has 2 heterocycles. The fourth-order valence-corrected chi connectivity index (χ4v) is 2.18. The zero-order valence-electron chi connectivity index (χ0n) is 12.5. The summed E-state index contributed by atoms with van der Waals surface area (Å²) in [5.41, 5.74) is -1.01. The zero-order valence-corrected chi connectivity index (χ0v) is 12.5. The normalized spacial score (nSPS) is 11.3. The first-order valence-electron chi connectivity index (χ1n) is 7.01. The van der Waals surface area contributed by atoms with Gasteiger partial charge in [0.1, 0.15) is 0 Å². The molecule has 6 nitrogen and oxygen atoms in total. The lowest BCUT2D eigenvalue weighted by molar-refractivity contribution is -0.137. The third-order valence-corrected chi connectivity index (χ3v) is 3.35. The molecule has 0 unspecified atom stereocenters. The Balaban J connectivity index is 1.89. The van der Waals surface area contributed by atoms with Crippen molar-refractivity contribution in [2.45, 2.75) is 6.18 Å². The smallest absolute Gasteiger partial charge is 0.416 e. The van der Waals surface area contributed by atoms with E-state index in [-0.39, 0.29) is 17.1 Å². The van der Waals surface area contributed by atoms with Gasteiger partial charge in [-0.25, -0.2) is 9.97 Å². The summed E-state index contributed by atoms with van der Waals surface area (Å²) in [5, 5.41) is 12.5. The fourth-order valence-electron chi connectivity index (χ4n) is 2.18. The number of carbonyl (C=O) groups excluding carboxylic acids is 1. The highest BCUT2D eigenvalue weighted by atomic mass is 19.4. The van der Waals surface area contributed by atoms with Crippen molar-refractivity contribution in [2.24, 2.45) is 0 Å². The lowest BCUT2D eigenvalue weighted by atomic mass is 10.2. The third-order valence-electron chi connectivity index (χ3n) is 3.35. The van der Waals surface area contributed by atoms with E-state index in [4.69, 9.17) is 0 Å². The fraction of sp³-hybridized carbons (Fsp3) is 0.0625. The van der Waals surface area contributed by atoms with Gasteiger partial charge in [-0.05, 0) is 24.3 Å². The molecule has 0 saturated heterocycles. The number of alkyl halides is 3. The van der Waals surface area contributed by atoms with Gasteiger partial charge in [0.05, 0.1) is 17.6 Å². The highest BCUT2D eigenvalue weighted by Crippen LogP contribution is 2.31. The summed E-state index contributed by atoms with van der Waals surface area (Å²) in [6.07, 6.45) is 1.24. The van der Waals surface area contributed by atoms with Crippen LogP contribution in [-0.2, 0) is 6.18 Å². The van der Waals surface area contributed by atoms with Crippen LogP contribution in [0.4, 0.5) is 18.9 Å². The number of nitrogens with one attached hydrogen (secondary N) is 1. The molecule has 0 aliphatic heterocycles. The molecule has 0 radical (unpaired) electrons. The summed E-state index contributed by atoms with van der Waals surface area (Å²) in [6, 6.07) is 5.65. The molecule has 3 aromatic rings. The van der Waals surface area contributed by atoms with Gasteiger partial charge in [0, 0.05) is 24.3 Å². The number of amides is 1. The van der Waals surface area contributed by atoms with E-state index in [0.717, 1.165) is 12.1 Å². The first kappa shape index (κ1) is 16.5. The van der Waals surface area contributed by atoms with E-state index in [1.54, 1.807) is 6.20 Å². The molecule has 3 rings (SSSR count). The van der Waals surface area contributed by atoms with Crippen molar-refractivity contribution < 1.29 is 23.1 Å². The molecule has 0 fully saturated rings. The molecule has 0 aliphatic rings. The molecular weight excluding hydrogens is 337 g/mol. The first-order chi connectivity index (χ1) is 11.9. The third kappa shape index (κ3) is 3.44. The summed E-state index contributed by atoms with van der Waals surface area (Å²) in [6.45, 7) is 0. The maximum atomic E-state index is 12.7. The Kier molecular flexibility index (Phi) is 4.14. The van der Waals surface area contributed by atoms with Crippen LogP contribution in [-0.4, -0.2) is 25.5 Å². The minimum Gasteiger partial charge on any atom is -0.504 e. The predicted octanol–water partition coefficient (Wildman–Crippen LogP) is 3.24. The summed E-state index contributed by atoms with van der Waals surface area (Å²) >= 11 is 0. The van der Waals surface area contributed by atoms with Gasteiger partial charge < -0.3 is 15.0 Å². The molecule has 2 aromatic heterocycles. The van der Waals surface area contributed by atoms with E-state index in [0.29, 0.717) is 0 Å². The highest BCUT2D eigenvalue weighted by Gasteiger charge is 2.30. The number of pyridine rings is 1. The molecule has 2 N–H and O–H groups in total. The molecular formula is C16H11F3N4O2. The number of hydrogen-bond acceptors (Lipinski definition) is 4. The van der Waals surface area contributed by atoms with Gasteiger partial charge >= 0.3 is 6.18 Å². The number of imidazole rings is 1. The van der Waals surface area contributed by atoms with Crippen molar-refractivity contribution in [2.75, 3.05) is 5.32 Å². The van der Waals surface area contributed by atoms with Crippen LogP contribution < -0.4 is 5.32 Å². The standard InChI is InChI=1S/C16H11F3N4O2/c17-16(18,19)10-2-1-3-11(8-10)22-15(25)13-14(24)12(4-5-21-13)23-7-6-20-9-23/h1-9,24H,(H,22,25). The molecule has 9 heteroatoms. The first-order valence-corrected chi connectivity index (χ1v) is 7.01. The number of aromatic hydroxyl groups is 1. The van der Waals surface area contributed by atoms with Gasteiger partial charge in [-0.2, -0.15) is 13.2 Å². The van der Waals surface area contributed by atoms with Crippen molar-refractivity contribution in [3.05, 3.63) is 66.5 Å². The average molecular weight is 348 g/mol. The lowest BCUT2D eigenvalue weighted by Crippen LogP contribution is -2.15. The molecule has 128 valence electrons. The van der Waals surface area contributed by atoms with Gasteiger partial charge in [-0.1, -0.05) is 6.07 Å².